The van der Waals surface area contributed by atoms with E-state index in [0.29, 0.717) is 13.1 Å². The number of nitro benzene ring substituents is 1. The largest absolute Gasteiger partial charge is 0.467 e. The molecule has 1 fully saturated rings. The third kappa shape index (κ3) is 9.27. The number of nitrogens with zero attached hydrogens (tertiary/aromatic N) is 2. The molecule has 1 aliphatic rings. The van der Waals surface area contributed by atoms with E-state index in [4.69, 9.17) is 33.2 Å². The number of hydrogen-bond acceptors (Lipinski definition) is 15. The van der Waals surface area contributed by atoms with Gasteiger partial charge < -0.3 is 43.4 Å². The molecule has 17 heteroatoms. The summed E-state index contributed by atoms with van der Waals surface area (Å²) in [7, 11) is 4.26. The minimum absolute atomic E-state index is 0.241. The summed E-state index contributed by atoms with van der Waals surface area (Å²) in [6, 6.07) is 3.63. The predicted octanol–water partition coefficient (Wildman–Crippen LogP) is 0.454. The van der Waals surface area contributed by atoms with E-state index in [1.54, 1.807) is 7.05 Å². The number of amides is 1. The van der Waals surface area contributed by atoms with Gasteiger partial charge in [-0.3, -0.25) is 24.5 Å². The Bertz CT molecular complexity index is 1180. The lowest BCUT2D eigenvalue weighted by Gasteiger charge is -2.42. The average molecular weight is 600 g/mol. The van der Waals surface area contributed by atoms with Crippen LogP contribution in [0.1, 0.15) is 26.3 Å². The summed E-state index contributed by atoms with van der Waals surface area (Å²) < 4.78 is 36.9. The molecule has 1 aliphatic heterocycles. The van der Waals surface area contributed by atoms with Crippen molar-refractivity contribution in [3.05, 3.63) is 33.9 Å². The first-order valence-corrected chi connectivity index (χ1v) is 12.5. The number of rotatable bonds is 12. The number of methoxy groups -OCH3 is 1. The third-order valence-electron chi connectivity index (χ3n) is 5.67. The Hall–Kier alpha value is -4.51. The molecule has 1 N–H and O–H groups in total. The molecule has 0 aromatic heterocycles. The molecule has 42 heavy (non-hydrogen) atoms. The van der Waals surface area contributed by atoms with Crippen molar-refractivity contribution >= 4 is 35.7 Å². The van der Waals surface area contributed by atoms with E-state index in [0.717, 1.165) is 33.9 Å². The fourth-order valence-electron chi connectivity index (χ4n) is 3.82. The summed E-state index contributed by atoms with van der Waals surface area (Å²) in [5.74, 6) is -4.17. The number of carbonyl (C=O) groups excluding carboxylic acids is 5. The molecule has 1 saturated heterocycles. The highest BCUT2D eigenvalue weighted by atomic mass is 16.7. The smallest absolute Gasteiger partial charge is 0.409 e. The lowest BCUT2D eigenvalue weighted by atomic mass is 9.97. The van der Waals surface area contributed by atoms with Gasteiger partial charge in [0.2, 0.25) is 12.4 Å². The summed E-state index contributed by atoms with van der Waals surface area (Å²) in [5.41, 5.74) is -0.358. The van der Waals surface area contributed by atoms with Gasteiger partial charge in [-0.25, -0.2) is 9.59 Å². The second kappa shape index (κ2) is 15.5. The average Bonchev–Trinajstić information content (AvgIpc) is 2.92. The molecule has 2 rings (SSSR count). The first-order chi connectivity index (χ1) is 19.8. The summed E-state index contributed by atoms with van der Waals surface area (Å²) in [6.07, 6.45) is -9.14. The first kappa shape index (κ1) is 33.7. The molecule has 1 aromatic carbocycles. The quantitative estimate of drug-likeness (QED) is 0.150. The van der Waals surface area contributed by atoms with Gasteiger partial charge in [0, 0.05) is 47.0 Å². The fourth-order valence-corrected chi connectivity index (χ4v) is 3.82. The lowest BCUT2D eigenvalue weighted by Crippen LogP contribution is -2.64. The van der Waals surface area contributed by atoms with Crippen molar-refractivity contribution in [2.24, 2.45) is 0 Å². The van der Waals surface area contributed by atoms with Crippen LogP contribution in [-0.4, -0.2) is 105 Å². The van der Waals surface area contributed by atoms with Gasteiger partial charge in [-0.05, 0) is 18.7 Å². The molecule has 1 amide bonds. The van der Waals surface area contributed by atoms with Gasteiger partial charge >= 0.3 is 35.7 Å². The molecule has 17 nitrogen and oxygen atoms in total. The molecule has 0 spiro atoms. The third-order valence-corrected chi connectivity index (χ3v) is 5.67. The number of hydrogen-bond donors (Lipinski definition) is 1. The maximum absolute atomic E-state index is 12.6. The van der Waals surface area contributed by atoms with Crippen molar-refractivity contribution < 1.29 is 62.1 Å². The van der Waals surface area contributed by atoms with Crippen molar-refractivity contribution in [2.45, 2.75) is 58.1 Å². The number of likely N-dealkylation sites (N-methyl/N-ethyl adjacent to an activating group) is 2. The molecule has 0 saturated carbocycles. The van der Waals surface area contributed by atoms with Gasteiger partial charge in [0.25, 0.3) is 0 Å². The fraction of sp³-hybridized carbons (Fsp3) is 0.560. The van der Waals surface area contributed by atoms with E-state index in [9.17, 15) is 34.1 Å². The topological polar surface area (TPSA) is 208 Å². The Kier molecular flexibility index (Phi) is 12.4. The van der Waals surface area contributed by atoms with Crippen LogP contribution in [0.15, 0.2) is 18.2 Å². The molecule has 1 heterocycles. The Balaban J connectivity index is 2.44. The maximum Gasteiger partial charge on any atom is 0.409 e. The summed E-state index contributed by atoms with van der Waals surface area (Å²) in [4.78, 5) is 72.9. The Morgan fingerprint density at radius 2 is 1.60 bits per heavy atom. The molecular weight excluding hydrogens is 566 g/mol. The zero-order valence-electron chi connectivity index (χ0n) is 23.9. The van der Waals surface area contributed by atoms with E-state index in [-0.39, 0.29) is 12.2 Å². The number of carbonyl (C=O) groups is 5. The molecule has 232 valence electrons. The van der Waals surface area contributed by atoms with Gasteiger partial charge in [0.1, 0.15) is 6.61 Å². The van der Waals surface area contributed by atoms with E-state index in [1.165, 1.54) is 24.1 Å². The summed E-state index contributed by atoms with van der Waals surface area (Å²) in [5, 5.41) is 14.8. The zero-order valence-corrected chi connectivity index (χ0v) is 23.9. The number of ether oxygens (including phenoxy) is 7. The number of esters is 4. The van der Waals surface area contributed by atoms with Crippen molar-refractivity contribution in [1.29, 1.82) is 0 Å². The van der Waals surface area contributed by atoms with Crippen molar-refractivity contribution in [3.63, 3.8) is 0 Å². The Morgan fingerprint density at radius 1 is 1.00 bits per heavy atom. The van der Waals surface area contributed by atoms with Crippen molar-refractivity contribution in [3.8, 4) is 5.75 Å². The number of nitro groups is 1. The van der Waals surface area contributed by atoms with Crippen LogP contribution in [0.5, 0.6) is 5.75 Å². The molecule has 1 aromatic rings. The van der Waals surface area contributed by atoms with Gasteiger partial charge in [0.05, 0.1) is 12.0 Å². The zero-order chi connectivity index (χ0) is 31.6. The second-order valence-corrected chi connectivity index (χ2v) is 8.93. The number of benzene rings is 1. The van der Waals surface area contributed by atoms with Gasteiger partial charge in [-0.2, -0.15) is 0 Å². The van der Waals surface area contributed by atoms with Crippen LogP contribution in [-0.2, 0) is 54.2 Å². The summed E-state index contributed by atoms with van der Waals surface area (Å²) in [6.45, 7) is 3.64. The highest BCUT2D eigenvalue weighted by Crippen LogP contribution is 2.35. The van der Waals surface area contributed by atoms with Crippen LogP contribution < -0.4 is 10.1 Å². The summed E-state index contributed by atoms with van der Waals surface area (Å²) >= 11 is 0. The second-order valence-electron chi connectivity index (χ2n) is 8.93. The van der Waals surface area contributed by atoms with Crippen LogP contribution in [0.4, 0.5) is 10.5 Å². The lowest BCUT2D eigenvalue weighted by molar-refractivity contribution is -0.387. The Labute approximate surface area is 240 Å². The van der Waals surface area contributed by atoms with Crippen LogP contribution >= 0.6 is 0 Å². The molecule has 0 radical (unpaired) electrons. The predicted molar refractivity (Wildman–Crippen MR) is 138 cm³/mol. The molecular formula is C25H33N3O14. The maximum atomic E-state index is 12.6. The highest BCUT2D eigenvalue weighted by molar-refractivity contribution is 5.77. The van der Waals surface area contributed by atoms with E-state index in [1.807, 2.05) is 0 Å². The Morgan fingerprint density at radius 3 is 2.14 bits per heavy atom. The van der Waals surface area contributed by atoms with Crippen molar-refractivity contribution in [1.82, 2.24) is 10.2 Å². The monoisotopic (exact) mass is 599 g/mol. The van der Waals surface area contributed by atoms with Crippen LogP contribution in [0.3, 0.4) is 0 Å². The van der Waals surface area contributed by atoms with Crippen LogP contribution in [0, 0.1) is 10.1 Å². The standard InChI is InChI=1S/C25H33N3O14/c1-13(29)38-19-20(39-14(2)30)22(40-15(3)31)24(42-21(19)23(32)36-6)41-18-8-7-16(11-17(18)28(34)35)12-37-25(33)27(5)10-9-26-4/h7-8,11,19-22,24,26H,9-10,12H2,1-6H3/t19-,20-,21-,22+,24+/m0/s1. The van der Waals surface area contributed by atoms with Gasteiger partial charge in [0.15, 0.2) is 24.1 Å². The van der Waals surface area contributed by atoms with Crippen molar-refractivity contribution in [2.75, 3.05) is 34.3 Å². The van der Waals surface area contributed by atoms with Crippen LogP contribution in [0.25, 0.3) is 0 Å². The van der Waals surface area contributed by atoms with Crippen LogP contribution in [0.2, 0.25) is 0 Å². The number of nitrogens with one attached hydrogen (secondary N) is 1. The molecule has 0 aliphatic carbocycles. The molecule has 0 unspecified atom stereocenters. The SMILES string of the molecule is CNCCN(C)C(=O)OCc1ccc(O[C@@H]2O[C@H](C(=O)OC)[C@@H](OC(C)=O)[C@H](OC(C)=O)[C@H]2OC(C)=O)c([N+](=O)[O-])c1. The highest BCUT2D eigenvalue weighted by Gasteiger charge is 2.56. The van der Waals surface area contributed by atoms with Gasteiger partial charge in [-0.1, -0.05) is 6.07 Å². The molecule has 0 bridgehead atoms. The normalized spacial score (nSPS) is 21.3. The molecule has 5 atom stereocenters. The first-order valence-electron chi connectivity index (χ1n) is 12.5. The van der Waals surface area contributed by atoms with Gasteiger partial charge in [-0.15, -0.1) is 0 Å². The minimum atomic E-state index is -1.79. The van der Waals surface area contributed by atoms with E-state index in [2.05, 4.69) is 5.32 Å². The van der Waals surface area contributed by atoms with E-state index >= 15 is 0 Å². The van der Waals surface area contributed by atoms with E-state index < -0.39 is 77.0 Å². The minimum Gasteiger partial charge on any atom is -0.467 e.